The number of nitrogens with zero attached hydrogens (tertiary/aromatic N) is 4. The molecule has 0 spiro atoms. The normalized spacial score (nSPS) is 25.0. The number of benzene rings is 1. The SMILES string of the molecule is CC(C)(C)OC(=O)N[C@@H](CN1C[C@H]2C[C@@H]1C(=O)N2[C@@H](c1ccc(F)cc1)C(C)(C)C)C(=O)N1CCC[C@H]1C#N. The lowest BCUT2D eigenvalue weighted by Crippen LogP contribution is -2.59. The van der Waals surface area contributed by atoms with E-state index in [-0.39, 0.29) is 41.7 Å². The Labute approximate surface area is 230 Å². The summed E-state index contributed by atoms with van der Waals surface area (Å²) in [7, 11) is 0. The van der Waals surface area contributed by atoms with Crippen LogP contribution in [0.3, 0.4) is 0 Å². The van der Waals surface area contributed by atoms with Gasteiger partial charge in [-0.2, -0.15) is 5.26 Å². The molecule has 3 aliphatic rings. The number of halogens is 1. The number of alkyl carbamates (subject to hydrolysis) is 1. The largest absolute Gasteiger partial charge is 0.444 e. The molecule has 1 aromatic carbocycles. The number of hydrogen-bond acceptors (Lipinski definition) is 6. The maximum atomic E-state index is 13.8. The van der Waals surface area contributed by atoms with E-state index in [4.69, 9.17) is 4.74 Å². The zero-order chi connectivity index (χ0) is 28.7. The summed E-state index contributed by atoms with van der Waals surface area (Å²) in [6, 6.07) is 6.28. The minimum absolute atomic E-state index is 0.0324. The van der Waals surface area contributed by atoms with Crippen LogP contribution in [0.4, 0.5) is 9.18 Å². The average molecular weight is 542 g/mol. The Hall–Kier alpha value is -3.19. The van der Waals surface area contributed by atoms with Crippen LogP contribution in [0.2, 0.25) is 0 Å². The zero-order valence-electron chi connectivity index (χ0n) is 23.7. The zero-order valence-corrected chi connectivity index (χ0v) is 23.7. The van der Waals surface area contributed by atoms with Gasteiger partial charge in [-0.1, -0.05) is 32.9 Å². The van der Waals surface area contributed by atoms with Crippen molar-refractivity contribution < 1.29 is 23.5 Å². The van der Waals surface area contributed by atoms with Crippen molar-refractivity contribution in [2.24, 2.45) is 5.41 Å². The third-order valence-electron chi connectivity index (χ3n) is 7.69. The van der Waals surface area contributed by atoms with Crippen molar-refractivity contribution in [3.05, 3.63) is 35.6 Å². The van der Waals surface area contributed by atoms with Gasteiger partial charge in [0.2, 0.25) is 11.8 Å². The van der Waals surface area contributed by atoms with Crippen LogP contribution in [0.5, 0.6) is 0 Å². The van der Waals surface area contributed by atoms with Gasteiger partial charge >= 0.3 is 6.09 Å². The number of hydrogen-bond donors (Lipinski definition) is 1. The molecule has 0 unspecified atom stereocenters. The first-order valence-electron chi connectivity index (χ1n) is 13.7. The molecular formula is C29H40FN5O4. The molecule has 1 N–H and O–H groups in total. The van der Waals surface area contributed by atoms with Gasteiger partial charge in [0.1, 0.15) is 23.5 Å². The van der Waals surface area contributed by atoms with Crippen molar-refractivity contribution in [3.8, 4) is 6.07 Å². The molecule has 5 atom stereocenters. The molecular weight excluding hydrogens is 501 g/mol. The highest BCUT2D eigenvalue weighted by atomic mass is 19.1. The van der Waals surface area contributed by atoms with E-state index >= 15 is 0 Å². The molecule has 0 saturated carbocycles. The molecule has 9 nitrogen and oxygen atoms in total. The van der Waals surface area contributed by atoms with E-state index in [1.165, 1.54) is 17.0 Å². The average Bonchev–Trinajstić information content (AvgIpc) is 3.53. The minimum atomic E-state index is -0.954. The summed E-state index contributed by atoms with van der Waals surface area (Å²) in [4.78, 5) is 45.4. The first-order valence-corrected chi connectivity index (χ1v) is 13.7. The minimum Gasteiger partial charge on any atom is -0.444 e. The number of rotatable bonds is 6. The molecule has 3 aliphatic heterocycles. The third-order valence-corrected chi connectivity index (χ3v) is 7.69. The number of piperazine rings is 1. The van der Waals surface area contributed by atoms with Crippen molar-refractivity contribution in [3.63, 3.8) is 0 Å². The number of amides is 3. The predicted molar refractivity (Wildman–Crippen MR) is 143 cm³/mol. The Morgan fingerprint density at radius 2 is 1.85 bits per heavy atom. The Kier molecular flexibility index (Phi) is 7.95. The van der Waals surface area contributed by atoms with Gasteiger partial charge < -0.3 is 19.9 Å². The van der Waals surface area contributed by atoms with E-state index in [1.54, 1.807) is 32.9 Å². The summed E-state index contributed by atoms with van der Waals surface area (Å²) in [5, 5.41) is 12.2. The van der Waals surface area contributed by atoms with Crippen LogP contribution >= 0.6 is 0 Å². The second kappa shape index (κ2) is 10.8. The lowest BCUT2D eigenvalue weighted by Gasteiger charge is -2.45. The van der Waals surface area contributed by atoms with E-state index in [1.807, 2.05) is 9.80 Å². The molecule has 3 saturated heterocycles. The fraction of sp³-hybridized carbons (Fsp3) is 0.655. The van der Waals surface area contributed by atoms with Crippen molar-refractivity contribution in [2.45, 2.75) is 96.6 Å². The van der Waals surface area contributed by atoms with Crippen LogP contribution in [0, 0.1) is 22.6 Å². The number of ether oxygens (including phenoxy) is 1. The molecule has 10 heteroatoms. The van der Waals surface area contributed by atoms with E-state index in [2.05, 4.69) is 32.2 Å². The summed E-state index contributed by atoms with van der Waals surface area (Å²) in [6.07, 6.45) is 1.23. The molecule has 0 aromatic heterocycles. The van der Waals surface area contributed by atoms with Gasteiger partial charge in [0.05, 0.1) is 18.2 Å². The third kappa shape index (κ3) is 6.19. The first kappa shape index (κ1) is 28.8. The molecule has 0 aliphatic carbocycles. The van der Waals surface area contributed by atoms with E-state index in [0.717, 1.165) is 12.0 Å². The summed E-state index contributed by atoms with van der Waals surface area (Å²) < 4.78 is 19.1. The second-order valence-electron chi connectivity index (χ2n) is 12.9. The Morgan fingerprint density at radius 1 is 1.18 bits per heavy atom. The van der Waals surface area contributed by atoms with Crippen LogP contribution in [-0.4, -0.2) is 82.0 Å². The fourth-order valence-electron chi connectivity index (χ4n) is 6.19. The molecule has 0 radical (unpaired) electrons. The van der Waals surface area contributed by atoms with Gasteiger partial charge in [0.15, 0.2) is 0 Å². The van der Waals surface area contributed by atoms with Gasteiger partial charge in [-0.3, -0.25) is 14.5 Å². The first-order chi connectivity index (χ1) is 18.2. The van der Waals surface area contributed by atoms with E-state index in [0.29, 0.717) is 25.9 Å². The fourth-order valence-corrected chi connectivity index (χ4v) is 6.19. The van der Waals surface area contributed by atoms with E-state index in [9.17, 15) is 24.0 Å². The quantitative estimate of drug-likeness (QED) is 0.590. The summed E-state index contributed by atoms with van der Waals surface area (Å²) in [5.74, 6) is -0.692. The van der Waals surface area contributed by atoms with Crippen LogP contribution in [0.1, 0.15) is 72.4 Å². The van der Waals surface area contributed by atoms with Gasteiger partial charge in [-0.25, -0.2) is 9.18 Å². The monoisotopic (exact) mass is 541 g/mol. The van der Waals surface area contributed by atoms with Gasteiger partial charge in [-0.15, -0.1) is 0 Å². The number of nitriles is 1. The number of likely N-dealkylation sites (tertiary alicyclic amines) is 3. The van der Waals surface area contributed by atoms with Crippen molar-refractivity contribution in [1.29, 1.82) is 5.26 Å². The number of fused-ring (bicyclic) bond motifs is 2. The van der Waals surface area contributed by atoms with Gasteiger partial charge in [0, 0.05) is 25.7 Å². The Bertz CT molecular complexity index is 1140. The number of carbonyl (C=O) groups is 3. The summed E-state index contributed by atoms with van der Waals surface area (Å²) >= 11 is 0. The van der Waals surface area contributed by atoms with Crippen LogP contribution in [-0.2, 0) is 14.3 Å². The lowest BCUT2D eigenvalue weighted by molar-refractivity contribution is -0.144. The molecule has 2 bridgehead atoms. The standard InChI is InChI=1S/C29H40FN5O4/c1-28(2,3)24(18-9-11-19(30)12-10-18)35-21-14-23(26(35)37)33(16-21)17-22(32-27(38)39-29(4,5)6)25(36)34-13-7-8-20(34)15-31/h9-12,20-24H,7-8,13-14,16-17H2,1-6H3,(H,32,38)/t20-,21+,22-,23+,24-/m0/s1. The Morgan fingerprint density at radius 3 is 2.41 bits per heavy atom. The number of nitrogens with one attached hydrogen (secondary N) is 1. The maximum Gasteiger partial charge on any atom is 0.408 e. The van der Waals surface area contributed by atoms with Crippen LogP contribution < -0.4 is 5.32 Å². The lowest BCUT2D eigenvalue weighted by atomic mass is 9.80. The molecule has 4 rings (SSSR count). The van der Waals surface area contributed by atoms with Crippen LogP contribution in [0.25, 0.3) is 0 Å². The predicted octanol–water partition coefficient (Wildman–Crippen LogP) is 3.61. The maximum absolute atomic E-state index is 13.8. The molecule has 1 aromatic rings. The van der Waals surface area contributed by atoms with Crippen molar-refractivity contribution in [1.82, 2.24) is 20.0 Å². The highest BCUT2D eigenvalue weighted by Crippen LogP contribution is 2.45. The summed E-state index contributed by atoms with van der Waals surface area (Å²) in [5.41, 5.74) is -0.152. The molecule has 39 heavy (non-hydrogen) atoms. The van der Waals surface area contributed by atoms with Gasteiger partial charge in [-0.05, 0) is 63.1 Å². The van der Waals surface area contributed by atoms with Crippen LogP contribution in [0.15, 0.2) is 24.3 Å². The smallest absolute Gasteiger partial charge is 0.408 e. The molecule has 212 valence electrons. The van der Waals surface area contributed by atoms with Crippen molar-refractivity contribution in [2.75, 3.05) is 19.6 Å². The van der Waals surface area contributed by atoms with Gasteiger partial charge in [0.25, 0.3) is 0 Å². The highest BCUT2D eigenvalue weighted by molar-refractivity contribution is 5.88. The Balaban J connectivity index is 1.54. The topological polar surface area (TPSA) is 106 Å². The van der Waals surface area contributed by atoms with E-state index < -0.39 is 29.8 Å². The number of carbonyl (C=O) groups excluding carboxylic acids is 3. The molecule has 3 amide bonds. The second-order valence-corrected chi connectivity index (χ2v) is 12.9. The molecule has 3 fully saturated rings. The van der Waals surface area contributed by atoms with Crippen molar-refractivity contribution >= 4 is 17.9 Å². The summed E-state index contributed by atoms with van der Waals surface area (Å²) in [6.45, 7) is 12.6. The molecule has 3 heterocycles. The highest BCUT2D eigenvalue weighted by Gasteiger charge is 2.54.